The first-order chi connectivity index (χ1) is 13.7. The largest absolute Gasteiger partial charge is 0.337 e. The molecule has 6 heteroatoms. The summed E-state index contributed by atoms with van der Waals surface area (Å²) < 4.78 is 1.74. The third kappa shape index (κ3) is 3.55. The lowest BCUT2D eigenvalue weighted by atomic mass is 10.1. The van der Waals surface area contributed by atoms with Gasteiger partial charge >= 0.3 is 0 Å². The van der Waals surface area contributed by atoms with Crippen molar-refractivity contribution in [2.24, 2.45) is 5.92 Å². The summed E-state index contributed by atoms with van der Waals surface area (Å²) in [5.74, 6) is 0.484. The second-order valence-electron chi connectivity index (χ2n) is 7.31. The molecule has 1 atom stereocenters. The number of aromatic nitrogens is 3. The van der Waals surface area contributed by atoms with Gasteiger partial charge in [0, 0.05) is 13.1 Å². The van der Waals surface area contributed by atoms with Gasteiger partial charge in [0.2, 0.25) is 0 Å². The first kappa shape index (κ1) is 18.4. The maximum absolute atomic E-state index is 12.9. The molecular weight excluding hydrogens is 350 g/mol. The summed E-state index contributed by atoms with van der Waals surface area (Å²) >= 11 is 0. The average molecular weight is 375 g/mol. The van der Waals surface area contributed by atoms with Gasteiger partial charge in [-0.25, -0.2) is 4.68 Å². The highest BCUT2D eigenvalue weighted by molar-refractivity contribution is 5.93. The Balaban J connectivity index is 1.53. The van der Waals surface area contributed by atoms with Gasteiger partial charge in [0.1, 0.15) is 0 Å². The van der Waals surface area contributed by atoms with Gasteiger partial charge in [-0.15, -0.1) is 5.10 Å². The minimum atomic E-state index is -0.0248. The Kier molecular flexibility index (Phi) is 5.21. The Labute approximate surface area is 165 Å². The summed E-state index contributed by atoms with van der Waals surface area (Å²) in [4.78, 5) is 14.8. The summed E-state index contributed by atoms with van der Waals surface area (Å²) in [6.07, 6.45) is 1.03. The van der Waals surface area contributed by atoms with E-state index >= 15 is 0 Å². The molecule has 144 valence electrons. The lowest BCUT2D eigenvalue weighted by Crippen LogP contribution is -2.31. The fourth-order valence-corrected chi connectivity index (χ4v) is 3.82. The highest BCUT2D eigenvalue weighted by Gasteiger charge is 2.29. The van der Waals surface area contributed by atoms with E-state index in [2.05, 4.69) is 39.9 Å². The van der Waals surface area contributed by atoms with Crippen LogP contribution in [0.25, 0.3) is 16.8 Å². The summed E-state index contributed by atoms with van der Waals surface area (Å²) in [6, 6.07) is 18.4. The monoisotopic (exact) mass is 375 g/mol. The van der Waals surface area contributed by atoms with E-state index in [-0.39, 0.29) is 5.91 Å². The third-order valence-electron chi connectivity index (χ3n) is 5.38. The van der Waals surface area contributed by atoms with Crippen molar-refractivity contribution in [3.63, 3.8) is 0 Å². The Morgan fingerprint density at radius 3 is 2.54 bits per heavy atom. The summed E-state index contributed by atoms with van der Waals surface area (Å²) in [5, 5.41) is 11.6. The number of likely N-dealkylation sites (tertiary alicyclic amines) is 1. The number of hydrogen-bond acceptors (Lipinski definition) is 4. The van der Waals surface area contributed by atoms with E-state index in [0.717, 1.165) is 43.0 Å². The van der Waals surface area contributed by atoms with Crippen LogP contribution in [0, 0.1) is 12.8 Å². The molecule has 2 aromatic carbocycles. The number of benzene rings is 2. The minimum absolute atomic E-state index is 0.0248. The van der Waals surface area contributed by atoms with Gasteiger partial charge in [-0.05, 0) is 56.1 Å². The van der Waals surface area contributed by atoms with Crippen molar-refractivity contribution in [1.82, 2.24) is 25.2 Å². The van der Waals surface area contributed by atoms with Crippen molar-refractivity contribution in [1.29, 1.82) is 0 Å². The summed E-state index contributed by atoms with van der Waals surface area (Å²) in [5.41, 5.74) is 4.43. The molecule has 1 N–H and O–H groups in total. The van der Waals surface area contributed by atoms with Gasteiger partial charge < -0.3 is 10.2 Å². The number of amides is 1. The molecule has 0 radical (unpaired) electrons. The number of nitrogens with zero attached hydrogens (tertiary/aromatic N) is 4. The Morgan fingerprint density at radius 1 is 1.11 bits per heavy atom. The Hall–Kier alpha value is -2.99. The standard InChI is InChI=1S/C22H25N5O/c1-16-21(22(28)26-13-12-17(15-26)14-23-2)24-25-27(16)20-10-8-19(9-11-20)18-6-4-3-5-7-18/h3-11,17,23H,12-15H2,1-2H3. The molecule has 3 aromatic rings. The number of hydrogen-bond donors (Lipinski definition) is 1. The number of carbonyl (C=O) groups excluding carboxylic acids is 1. The van der Waals surface area contributed by atoms with E-state index in [1.54, 1.807) is 4.68 Å². The smallest absolute Gasteiger partial charge is 0.276 e. The van der Waals surface area contributed by atoms with Gasteiger partial charge in [-0.3, -0.25) is 4.79 Å². The van der Waals surface area contributed by atoms with Crippen LogP contribution in [-0.2, 0) is 0 Å². The Bertz CT molecular complexity index is 949. The predicted octanol–water partition coefficient (Wildman–Crippen LogP) is 2.92. The minimum Gasteiger partial charge on any atom is -0.337 e. The Morgan fingerprint density at radius 2 is 1.82 bits per heavy atom. The molecule has 28 heavy (non-hydrogen) atoms. The fourth-order valence-electron chi connectivity index (χ4n) is 3.82. The molecule has 2 heterocycles. The van der Waals surface area contributed by atoms with Crippen LogP contribution in [0.1, 0.15) is 22.6 Å². The molecule has 6 nitrogen and oxygen atoms in total. The lowest BCUT2D eigenvalue weighted by Gasteiger charge is -2.15. The van der Waals surface area contributed by atoms with Gasteiger partial charge in [0.15, 0.2) is 5.69 Å². The normalized spacial score (nSPS) is 16.5. The van der Waals surface area contributed by atoms with E-state index in [1.165, 1.54) is 5.56 Å². The van der Waals surface area contributed by atoms with Crippen LogP contribution in [0.4, 0.5) is 0 Å². The molecule has 0 bridgehead atoms. The van der Waals surface area contributed by atoms with Crippen LogP contribution < -0.4 is 5.32 Å². The van der Waals surface area contributed by atoms with E-state index in [1.807, 2.05) is 49.2 Å². The first-order valence-electron chi connectivity index (χ1n) is 9.69. The molecule has 0 spiro atoms. The molecule has 1 saturated heterocycles. The molecule has 1 aliphatic heterocycles. The van der Waals surface area contributed by atoms with E-state index in [9.17, 15) is 4.79 Å². The van der Waals surface area contributed by atoms with Gasteiger partial charge in [-0.2, -0.15) is 0 Å². The van der Waals surface area contributed by atoms with Crippen LogP contribution >= 0.6 is 0 Å². The molecule has 1 amide bonds. The second kappa shape index (κ2) is 7.94. The van der Waals surface area contributed by atoms with Crippen molar-refractivity contribution in [3.8, 4) is 16.8 Å². The van der Waals surface area contributed by atoms with Gasteiger partial charge in [0.05, 0.1) is 11.4 Å². The van der Waals surface area contributed by atoms with Crippen molar-refractivity contribution in [2.45, 2.75) is 13.3 Å². The number of carbonyl (C=O) groups is 1. The van der Waals surface area contributed by atoms with E-state index < -0.39 is 0 Å². The zero-order valence-electron chi connectivity index (χ0n) is 16.3. The lowest BCUT2D eigenvalue weighted by molar-refractivity contribution is 0.0780. The second-order valence-corrected chi connectivity index (χ2v) is 7.31. The topological polar surface area (TPSA) is 63.1 Å². The zero-order valence-corrected chi connectivity index (χ0v) is 16.3. The van der Waals surface area contributed by atoms with Gasteiger partial charge in [-0.1, -0.05) is 47.7 Å². The van der Waals surface area contributed by atoms with Crippen LogP contribution in [0.3, 0.4) is 0 Å². The van der Waals surface area contributed by atoms with Crippen molar-refractivity contribution >= 4 is 5.91 Å². The first-order valence-corrected chi connectivity index (χ1v) is 9.69. The zero-order chi connectivity index (χ0) is 19.5. The molecule has 0 saturated carbocycles. The third-order valence-corrected chi connectivity index (χ3v) is 5.38. The average Bonchev–Trinajstić information content (AvgIpc) is 3.35. The van der Waals surface area contributed by atoms with Crippen molar-refractivity contribution in [2.75, 3.05) is 26.7 Å². The summed E-state index contributed by atoms with van der Waals surface area (Å²) in [7, 11) is 1.95. The number of nitrogens with one attached hydrogen (secondary N) is 1. The highest BCUT2D eigenvalue weighted by Crippen LogP contribution is 2.23. The van der Waals surface area contributed by atoms with E-state index in [4.69, 9.17) is 0 Å². The molecule has 0 aliphatic carbocycles. The van der Waals surface area contributed by atoms with Crippen LogP contribution in [0.15, 0.2) is 54.6 Å². The van der Waals surface area contributed by atoms with Crippen LogP contribution in [-0.4, -0.2) is 52.5 Å². The molecule has 1 aromatic heterocycles. The molecule has 4 rings (SSSR count). The number of rotatable bonds is 5. The maximum Gasteiger partial charge on any atom is 0.276 e. The summed E-state index contributed by atoms with van der Waals surface area (Å²) in [6.45, 7) is 4.39. The molecule has 1 aliphatic rings. The van der Waals surface area contributed by atoms with Crippen molar-refractivity contribution in [3.05, 3.63) is 66.0 Å². The fraction of sp³-hybridized carbons (Fsp3) is 0.318. The molecule has 1 unspecified atom stereocenters. The van der Waals surface area contributed by atoms with E-state index in [0.29, 0.717) is 11.6 Å². The quantitative estimate of drug-likeness (QED) is 0.745. The van der Waals surface area contributed by atoms with Crippen molar-refractivity contribution < 1.29 is 4.79 Å². The maximum atomic E-state index is 12.9. The van der Waals surface area contributed by atoms with Crippen LogP contribution in [0.5, 0.6) is 0 Å². The predicted molar refractivity (Wildman–Crippen MR) is 109 cm³/mol. The molecule has 1 fully saturated rings. The van der Waals surface area contributed by atoms with Gasteiger partial charge in [0.25, 0.3) is 5.91 Å². The molecular formula is C22H25N5O. The SMILES string of the molecule is CNCC1CCN(C(=O)c2nnn(-c3ccc(-c4ccccc4)cc3)c2C)C1. The van der Waals surface area contributed by atoms with Crippen LogP contribution in [0.2, 0.25) is 0 Å². The highest BCUT2D eigenvalue weighted by atomic mass is 16.2.